The van der Waals surface area contributed by atoms with E-state index in [1.807, 2.05) is 66.7 Å². The van der Waals surface area contributed by atoms with Crippen LogP contribution in [0.1, 0.15) is 16.7 Å². The molecule has 0 heterocycles. The first-order valence-electron chi connectivity index (χ1n) is 10.9. The van der Waals surface area contributed by atoms with E-state index in [1.165, 1.54) is 12.0 Å². The molecular formula is C27H29NO6. The predicted octanol–water partition coefficient (Wildman–Crippen LogP) is 4.63. The Morgan fingerprint density at radius 1 is 0.824 bits per heavy atom. The SMILES string of the molecule is COC(=O)[C@H](Cc1ccc(OC)cc1OC)N(Cc1ccccc1)C(=O)OCc1ccccc1. The number of carbonyl (C=O) groups excluding carboxylic acids is 2. The molecule has 0 saturated carbocycles. The van der Waals surface area contributed by atoms with Crippen molar-refractivity contribution in [3.05, 3.63) is 95.6 Å². The molecule has 7 heteroatoms. The molecule has 0 aromatic heterocycles. The topological polar surface area (TPSA) is 74.3 Å². The van der Waals surface area contributed by atoms with Gasteiger partial charge in [-0.15, -0.1) is 0 Å². The van der Waals surface area contributed by atoms with Gasteiger partial charge in [-0.2, -0.15) is 0 Å². The van der Waals surface area contributed by atoms with Crippen LogP contribution < -0.4 is 9.47 Å². The Bertz CT molecular complexity index is 1070. The van der Waals surface area contributed by atoms with Crippen LogP contribution in [0.15, 0.2) is 78.9 Å². The lowest BCUT2D eigenvalue weighted by molar-refractivity contribution is -0.146. The smallest absolute Gasteiger partial charge is 0.411 e. The fourth-order valence-corrected chi connectivity index (χ4v) is 3.57. The highest BCUT2D eigenvalue weighted by Gasteiger charge is 2.33. The third kappa shape index (κ3) is 6.51. The van der Waals surface area contributed by atoms with E-state index in [0.29, 0.717) is 11.5 Å². The van der Waals surface area contributed by atoms with Gasteiger partial charge >= 0.3 is 12.1 Å². The molecule has 3 aromatic carbocycles. The van der Waals surface area contributed by atoms with Crippen molar-refractivity contribution in [1.82, 2.24) is 4.90 Å². The fourth-order valence-electron chi connectivity index (χ4n) is 3.57. The molecule has 0 fully saturated rings. The number of hydrogen-bond acceptors (Lipinski definition) is 6. The molecule has 0 radical (unpaired) electrons. The predicted molar refractivity (Wildman–Crippen MR) is 128 cm³/mol. The number of amides is 1. The highest BCUT2D eigenvalue weighted by atomic mass is 16.6. The summed E-state index contributed by atoms with van der Waals surface area (Å²) in [4.78, 5) is 27.6. The molecule has 1 amide bonds. The first-order valence-corrected chi connectivity index (χ1v) is 10.9. The largest absolute Gasteiger partial charge is 0.497 e. The summed E-state index contributed by atoms with van der Waals surface area (Å²) in [5.74, 6) is 0.620. The monoisotopic (exact) mass is 463 g/mol. The maximum absolute atomic E-state index is 13.3. The second kappa shape index (κ2) is 12.3. The third-order valence-electron chi connectivity index (χ3n) is 5.39. The van der Waals surface area contributed by atoms with Gasteiger partial charge in [0.25, 0.3) is 0 Å². The minimum Gasteiger partial charge on any atom is -0.497 e. The van der Waals surface area contributed by atoms with E-state index >= 15 is 0 Å². The lowest BCUT2D eigenvalue weighted by Gasteiger charge is -2.30. The number of rotatable bonds is 10. The summed E-state index contributed by atoms with van der Waals surface area (Å²) in [6, 6.07) is 23.2. The number of nitrogens with zero attached hydrogens (tertiary/aromatic N) is 1. The Morgan fingerprint density at radius 3 is 2.06 bits per heavy atom. The summed E-state index contributed by atoms with van der Waals surface area (Å²) in [6.45, 7) is 0.261. The van der Waals surface area contributed by atoms with Crippen LogP contribution in [0.2, 0.25) is 0 Å². The van der Waals surface area contributed by atoms with Gasteiger partial charge < -0.3 is 18.9 Å². The van der Waals surface area contributed by atoms with E-state index in [4.69, 9.17) is 18.9 Å². The van der Waals surface area contributed by atoms with Crippen molar-refractivity contribution in [3.63, 3.8) is 0 Å². The Labute approximate surface area is 199 Å². The summed E-state index contributed by atoms with van der Waals surface area (Å²) >= 11 is 0. The van der Waals surface area contributed by atoms with Gasteiger partial charge in [0.05, 0.1) is 21.3 Å². The molecule has 0 aliphatic carbocycles. The molecule has 3 rings (SSSR count). The van der Waals surface area contributed by atoms with E-state index in [-0.39, 0.29) is 19.6 Å². The molecule has 178 valence electrons. The third-order valence-corrected chi connectivity index (χ3v) is 5.39. The highest BCUT2D eigenvalue weighted by Crippen LogP contribution is 2.27. The number of ether oxygens (including phenoxy) is 4. The van der Waals surface area contributed by atoms with Crippen LogP contribution in [0.4, 0.5) is 4.79 Å². The van der Waals surface area contributed by atoms with E-state index in [9.17, 15) is 9.59 Å². The van der Waals surface area contributed by atoms with Crippen LogP contribution in [-0.4, -0.2) is 44.3 Å². The zero-order valence-corrected chi connectivity index (χ0v) is 19.6. The van der Waals surface area contributed by atoms with Gasteiger partial charge in [-0.1, -0.05) is 66.7 Å². The Kier molecular flexibility index (Phi) is 8.91. The minimum atomic E-state index is -0.934. The summed E-state index contributed by atoms with van der Waals surface area (Å²) in [7, 11) is 4.41. The average Bonchev–Trinajstić information content (AvgIpc) is 2.90. The molecule has 0 aliphatic heterocycles. The van der Waals surface area contributed by atoms with E-state index in [2.05, 4.69) is 0 Å². The van der Waals surface area contributed by atoms with Crippen molar-refractivity contribution in [2.75, 3.05) is 21.3 Å². The molecule has 0 unspecified atom stereocenters. The van der Waals surface area contributed by atoms with Crippen LogP contribution in [0, 0.1) is 0 Å². The summed E-state index contributed by atoms with van der Waals surface area (Å²) < 4.78 is 21.4. The van der Waals surface area contributed by atoms with Crippen molar-refractivity contribution in [2.24, 2.45) is 0 Å². The summed E-state index contributed by atoms with van der Waals surface area (Å²) in [6.07, 6.45) is -0.441. The quantitative estimate of drug-likeness (QED) is 0.408. The van der Waals surface area contributed by atoms with E-state index in [0.717, 1.165) is 16.7 Å². The minimum absolute atomic E-state index is 0.0880. The van der Waals surface area contributed by atoms with Gasteiger partial charge in [0.1, 0.15) is 24.1 Å². The number of hydrogen-bond donors (Lipinski definition) is 0. The Balaban J connectivity index is 1.91. The zero-order chi connectivity index (χ0) is 24.3. The number of carbonyl (C=O) groups is 2. The van der Waals surface area contributed by atoms with Crippen LogP contribution in [-0.2, 0) is 33.8 Å². The van der Waals surface area contributed by atoms with Gasteiger partial charge in [-0.25, -0.2) is 9.59 Å². The van der Waals surface area contributed by atoms with Crippen molar-refractivity contribution in [1.29, 1.82) is 0 Å². The number of benzene rings is 3. The molecule has 7 nitrogen and oxygen atoms in total. The van der Waals surface area contributed by atoms with Crippen molar-refractivity contribution in [2.45, 2.75) is 25.6 Å². The van der Waals surface area contributed by atoms with Gasteiger partial charge in [0.15, 0.2) is 0 Å². The highest BCUT2D eigenvalue weighted by molar-refractivity contribution is 5.82. The van der Waals surface area contributed by atoms with Crippen LogP contribution in [0.5, 0.6) is 11.5 Å². The standard InChI is InChI=1S/C27H29NO6/c1-31-23-15-14-22(25(17-23)32-2)16-24(26(29)33-3)28(18-20-10-6-4-7-11-20)27(30)34-19-21-12-8-5-9-13-21/h4-15,17,24H,16,18-19H2,1-3H3/t24-/m0/s1. The second-order valence-electron chi connectivity index (χ2n) is 7.57. The molecule has 0 N–H and O–H groups in total. The molecular weight excluding hydrogens is 434 g/mol. The first-order chi connectivity index (χ1) is 16.5. The van der Waals surface area contributed by atoms with Crippen LogP contribution >= 0.6 is 0 Å². The molecule has 0 aliphatic rings. The lowest BCUT2D eigenvalue weighted by atomic mass is 10.0. The Hall–Kier alpha value is -4.00. The fraction of sp³-hybridized carbons (Fsp3) is 0.259. The Morgan fingerprint density at radius 2 is 1.47 bits per heavy atom. The molecule has 0 saturated heterocycles. The normalized spacial score (nSPS) is 11.3. The van der Waals surface area contributed by atoms with Crippen molar-refractivity contribution < 1.29 is 28.5 Å². The molecule has 0 bridgehead atoms. The van der Waals surface area contributed by atoms with Gasteiger partial charge in [0.2, 0.25) is 0 Å². The summed E-state index contributed by atoms with van der Waals surface area (Å²) in [5.41, 5.74) is 2.43. The van der Waals surface area contributed by atoms with Crippen molar-refractivity contribution in [3.8, 4) is 11.5 Å². The lowest BCUT2D eigenvalue weighted by Crippen LogP contribution is -2.46. The maximum atomic E-state index is 13.3. The van der Waals surface area contributed by atoms with Gasteiger partial charge in [0, 0.05) is 19.0 Å². The van der Waals surface area contributed by atoms with E-state index < -0.39 is 18.1 Å². The number of methoxy groups -OCH3 is 3. The van der Waals surface area contributed by atoms with E-state index in [1.54, 1.807) is 26.4 Å². The average molecular weight is 464 g/mol. The molecule has 0 spiro atoms. The summed E-state index contributed by atoms with van der Waals surface area (Å²) in [5, 5.41) is 0. The number of esters is 1. The van der Waals surface area contributed by atoms with Gasteiger partial charge in [-0.05, 0) is 22.8 Å². The van der Waals surface area contributed by atoms with Crippen LogP contribution in [0.25, 0.3) is 0 Å². The molecule has 34 heavy (non-hydrogen) atoms. The maximum Gasteiger partial charge on any atom is 0.411 e. The van der Waals surface area contributed by atoms with Crippen molar-refractivity contribution >= 4 is 12.1 Å². The zero-order valence-electron chi connectivity index (χ0n) is 19.6. The van der Waals surface area contributed by atoms with Gasteiger partial charge in [-0.3, -0.25) is 4.90 Å². The second-order valence-corrected chi connectivity index (χ2v) is 7.57. The van der Waals surface area contributed by atoms with Crippen LogP contribution in [0.3, 0.4) is 0 Å². The first kappa shape index (κ1) is 24.6. The molecule has 1 atom stereocenters. The molecule has 3 aromatic rings.